The third-order valence-electron chi connectivity index (χ3n) is 4.21. The van der Waals surface area contributed by atoms with E-state index < -0.39 is 6.04 Å². The highest BCUT2D eigenvalue weighted by Gasteiger charge is 2.20. The first-order chi connectivity index (χ1) is 11.7. The number of nitrogens with one attached hydrogen (secondary N) is 2. The molecule has 1 heterocycles. The molecule has 1 radical (unpaired) electrons. The average molecular weight is 321 g/mol. The van der Waals surface area contributed by atoms with Gasteiger partial charge in [-0.15, -0.1) is 0 Å². The maximum Gasteiger partial charge on any atom is 0.227 e. The monoisotopic (exact) mass is 321 g/mol. The lowest BCUT2D eigenvalue weighted by molar-refractivity contribution is -0.120. The fraction of sp³-hybridized carbons (Fsp3) is 0.200. The number of rotatable bonds is 6. The lowest BCUT2D eigenvalue weighted by atomic mass is 9.99. The molecule has 3 rings (SSSR count). The fourth-order valence-electron chi connectivity index (χ4n) is 2.85. The van der Waals surface area contributed by atoms with Crippen LogP contribution in [-0.2, 0) is 11.2 Å². The number of para-hydroxylation sites is 1. The molecule has 0 aliphatic rings. The molecule has 3 N–H and O–H groups in total. The van der Waals surface area contributed by atoms with E-state index in [1.807, 2.05) is 67.7 Å². The van der Waals surface area contributed by atoms with Crippen molar-refractivity contribution in [3.05, 3.63) is 77.8 Å². The molecule has 4 heteroatoms. The normalized spacial score (nSPS) is 12.5. The van der Waals surface area contributed by atoms with Crippen LogP contribution in [0.15, 0.2) is 60.8 Å². The van der Waals surface area contributed by atoms with Crippen LogP contribution in [0, 0.1) is 5.92 Å². The molecule has 0 saturated heterocycles. The quantitative estimate of drug-likeness (QED) is 0.653. The Labute approximate surface area is 141 Å². The number of H-pyrrole nitrogens is 1. The van der Waals surface area contributed by atoms with E-state index in [0.29, 0.717) is 12.3 Å². The summed E-state index contributed by atoms with van der Waals surface area (Å²) in [4.78, 5) is 15.7. The minimum atomic E-state index is -0.392. The van der Waals surface area contributed by atoms with Gasteiger partial charge in [0.2, 0.25) is 5.91 Å². The van der Waals surface area contributed by atoms with E-state index in [2.05, 4.69) is 10.3 Å². The summed E-state index contributed by atoms with van der Waals surface area (Å²) >= 11 is 0. The maximum atomic E-state index is 12.5. The molecule has 123 valence electrons. The van der Waals surface area contributed by atoms with Gasteiger partial charge in [0.05, 0.1) is 18.6 Å². The molecule has 0 aliphatic heterocycles. The zero-order valence-electron chi connectivity index (χ0n) is 13.6. The molecule has 0 spiro atoms. The number of benzene rings is 2. The third-order valence-corrected chi connectivity index (χ3v) is 4.21. The van der Waals surface area contributed by atoms with E-state index in [1.165, 1.54) is 0 Å². The number of amides is 1. The van der Waals surface area contributed by atoms with Gasteiger partial charge < -0.3 is 15.4 Å². The van der Waals surface area contributed by atoms with Crippen LogP contribution in [0.2, 0.25) is 0 Å². The molecule has 1 atom stereocenters. The molecule has 0 bridgehead atoms. The molecule has 3 aromatic rings. The van der Waals surface area contributed by atoms with Crippen LogP contribution in [-0.4, -0.2) is 22.6 Å². The van der Waals surface area contributed by atoms with Gasteiger partial charge in [0.15, 0.2) is 0 Å². The standard InChI is InChI=1S/C20H21N2O2/c1-14(11-16-12-21-18-10-6-5-9-17(16)18)20(24)22-19(13-23)15-7-3-2-4-8-15/h2-10,12,19,21,23H,11,13H2,1H3,(H,22,24). The van der Waals surface area contributed by atoms with Crippen LogP contribution in [0.4, 0.5) is 0 Å². The zero-order chi connectivity index (χ0) is 16.9. The first kappa shape index (κ1) is 16.3. The van der Waals surface area contributed by atoms with E-state index in [0.717, 1.165) is 22.0 Å². The van der Waals surface area contributed by atoms with Crippen LogP contribution in [0.1, 0.15) is 24.1 Å². The molecule has 1 aromatic heterocycles. The highest BCUT2D eigenvalue weighted by molar-refractivity contribution is 5.91. The van der Waals surface area contributed by atoms with Crippen LogP contribution >= 0.6 is 0 Å². The summed E-state index contributed by atoms with van der Waals surface area (Å²) in [5.41, 5.74) is 3.06. The number of fused-ring (bicyclic) bond motifs is 1. The first-order valence-electron chi connectivity index (χ1n) is 8.03. The lowest BCUT2D eigenvalue weighted by Gasteiger charge is -2.19. The second-order valence-corrected chi connectivity index (χ2v) is 5.94. The van der Waals surface area contributed by atoms with E-state index in [9.17, 15) is 9.90 Å². The summed E-state index contributed by atoms with van der Waals surface area (Å²) in [5.74, 6) is 0.581. The molecule has 24 heavy (non-hydrogen) atoms. The molecule has 2 aromatic carbocycles. The van der Waals surface area contributed by atoms with Crippen LogP contribution in [0.3, 0.4) is 0 Å². The number of aromatic nitrogens is 1. The smallest absolute Gasteiger partial charge is 0.227 e. The van der Waals surface area contributed by atoms with Gasteiger partial charge in [-0.25, -0.2) is 0 Å². The Morgan fingerprint density at radius 2 is 1.83 bits per heavy atom. The summed E-state index contributed by atoms with van der Waals surface area (Å²) in [7, 11) is 0. The number of carbonyl (C=O) groups excluding carboxylic acids is 1. The lowest BCUT2D eigenvalue weighted by Crippen LogP contribution is -2.34. The Morgan fingerprint density at radius 3 is 2.58 bits per heavy atom. The van der Waals surface area contributed by atoms with Crippen LogP contribution in [0.5, 0.6) is 0 Å². The van der Waals surface area contributed by atoms with Gasteiger partial charge in [-0.3, -0.25) is 4.79 Å². The van der Waals surface area contributed by atoms with Gasteiger partial charge >= 0.3 is 0 Å². The Kier molecular flexibility index (Phi) is 4.96. The van der Waals surface area contributed by atoms with Gasteiger partial charge in [-0.2, -0.15) is 0 Å². The van der Waals surface area contributed by atoms with Crippen molar-refractivity contribution in [3.8, 4) is 0 Å². The van der Waals surface area contributed by atoms with Gasteiger partial charge in [-0.1, -0.05) is 48.5 Å². The van der Waals surface area contributed by atoms with Crippen molar-refractivity contribution >= 4 is 16.8 Å². The van der Waals surface area contributed by atoms with E-state index in [1.54, 1.807) is 0 Å². The average Bonchev–Trinajstić information content (AvgIpc) is 3.03. The van der Waals surface area contributed by atoms with E-state index in [4.69, 9.17) is 0 Å². The molecule has 1 unspecified atom stereocenters. The molecule has 0 aliphatic carbocycles. The van der Waals surface area contributed by atoms with Gasteiger partial charge in [0, 0.05) is 17.1 Å². The molecular formula is C20H21N2O2. The predicted molar refractivity (Wildman–Crippen MR) is 95.3 cm³/mol. The van der Waals surface area contributed by atoms with E-state index >= 15 is 0 Å². The van der Waals surface area contributed by atoms with Gasteiger partial charge in [-0.05, 0) is 30.5 Å². The molecule has 0 saturated carbocycles. The SMILES string of the molecule is C[C](Cc1c[nH]c2ccccc12)C(=O)NC(CO)c1ccccc1. The van der Waals surface area contributed by atoms with Crippen molar-refractivity contribution in [2.24, 2.45) is 0 Å². The maximum absolute atomic E-state index is 12.5. The van der Waals surface area contributed by atoms with Crippen molar-refractivity contribution in [2.45, 2.75) is 19.4 Å². The Bertz CT molecular complexity index is 811. The first-order valence-corrected chi connectivity index (χ1v) is 8.03. The fourth-order valence-corrected chi connectivity index (χ4v) is 2.85. The zero-order valence-corrected chi connectivity index (χ0v) is 13.6. The topological polar surface area (TPSA) is 65.1 Å². The summed E-state index contributed by atoms with van der Waals surface area (Å²) in [6.07, 6.45) is 2.52. The Morgan fingerprint density at radius 1 is 1.12 bits per heavy atom. The summed E-state index contributed by atoms with van der Waals surface area (Å²) in [6, 6.07) is 17.2. The predicted octanol–water partition coefficient (Wildman–Crippen LogP) is 3.15. The van der Waals surface area contributed by atoms with Crippen molar-refractivity contribution in [1.29, 1.82) is 0 Å². The third kappa shape index (κ3) is 3.49. The van der Waals surface area contributed by atoms with Crippen molar-refractivity contribution < 1.29 is 9.90 Å². The number of aromatic amines is 1. The molecular weight excluding hydrogens is 300 g/mol. The Hall–Kier alpha value is -2.59. The largest absolute Gasteiger partial charge is 0.394 e. The van der Waals surface area contributed by atoms with Crippen molar-refractivity contribution in [1.82, 2.24) is 10.3 Å². The summed E-state index contributed by atoms with van der Waals surface area (Å²) in [6.45, 7) is 1.70. The summed E-state index contributed by atoms with van der Waals surface area (Å²) in [5, 5.41) is 13.6. The molecule has 4 nitrogen and oxygen atoms in total. The Balaban J connectivity index is 1.68. The van der Waals surface area contributed by atoms with Crippen LogP contribution in [0.25, 0.3) is 10.9 Å². The van der Waals surface area contributed by atoms with Crippen molar-refractivity contribution in [3.63, 3.8) is 0 Å². The van der Waals surface area contributed by atoms with Gasteiger partial charge in [0.25, 0.3) is 0 Å². The number of aliphatic hydroxyl groups is 1. The minimum Gasteiger partial charge on any atom is -0.394 e. The van der Waals surface area contributed by atoms with E-state index in [-0.39, 0.29) is 12.5 Å². The number of aliphatic hydroxyl groups excluding tert-OH is 1. The highest BCUT2D eigenvalue weighted by atomic mass is 16.3. The second kappa shape index (κ2) is 7.32. The number of carbonyl (C=O) groups is 1. The number of hydrogen-bond acceptors (Lipinski definition) is 2. The molecule has 0 fully saturated rings. The summed E-state index contributed by atoms with van der Waals surface area (Å²) < 4.78 is 0. The molecule has 1 amide bonds. The van der Waals surface area contributed by atoms with Crippen LogP contribution < -0.4 is 5.32 Å². The van der Waals surface area contributed by atoms with Crippen molar-refractivity contribution in [2.75, 3.05) is 6.61 Å². The minimum absolute atomic E-state index is 0.129. The number of hydrogen-bond donors (Lipinski definition) is 3. The second-order valence-electron chi connectivity index (χ2n) is 5.94. The van der Waals surface area contributed by atoms with Gasteiger partial charge in [0.1, 0.15) is 0 Å². The highest BCUT2D eigenvalue weighted by Crippen LogP contribution is 2.22.